The summed E-state index contributed by atoms with van der Waals surface area (Å²) < 4.78 is 18.8. The molecule has 1 amide bonds. The second kappa shape index (κ2) is 6.20. The van der Waals surface area contributed by atoms with Crippen LogP contribution >= 0.6 is 0 Å². The van der Waals surface area contributed by atoms with Gasteiger partial charge in [-0.2, -0.15) is 0 Å². The molecule has 0 aromatic heterocycles. The number of rotatable bonds is 6. The van der Waals surface area contributed by atoms with Crippen molar-refractivity contribution in [3.8, 4) is 0 Å². The second-order valence-corrected chi connectivity index (χ2v) is 3.99. The first-order valence-electron chi connectivity index (χ1n) is 5.68. The van der Waals surface area contributed by atoms with Crippen LogP contribution in [0, 0.1) is 5.82 Å². The highest BCUT2D eigenvalue weighted by atomic mass is 19.1. The Morgan fingerprint density at radius 1 is 1.56 bits per heavy atom. The van der Waals surface area contributed by atoms with Crippen molar-refractivity contribution >= 4 is 17.3 Å². The Labute approximate surface area is 105 Å². The number of ether oxygens (including phenoxy) is 1. The Bertz CT molecular complexity index is 438. The molecule has 5 nitrogen and oxygen atoms in total. The summed E-state index contributed by atoms with van der Waals surface area (Å²) in [7, 11) is 0. The van der Waals surface area contributed by atoms with Gasteiger partial charge in [0, 0.05) is 18.3 Å². The summed E-state index contributed by atoms with van der Waals surface area (Å²) >= 11 is 0. The van der Waals surface area contributed by atoms with Crippen molar-refractivity contribution in [3.05, 3.63) is 23.5 Å². The van der Waals surface area contributed by atoms with E-state index in [0.29, 0.717) is 13.2 Å². The molecule has 1 rings (SSSR count). The van der Waals surface area contributed by atoms with Gasteiger partial charge in [-0.05, 0) is 26.0 Å². The molecule has 0 radical (unpaired) electrons. The number of carbonyl (C=O) groups is 1. The van der Waals surface area contributed by atoms with E-state index in [2.05, 4.69) is 5.32 Å². The summed E-state index contributed by atoms with van der Waals surface area (Å²) in [6.45, 7) is 4.74. The molecule has 0 heterocycles. The van der Waals surface area contributed by atoms with Gasteiger partial charge >= 0.3 is 0 Å². The highest BCUT2D eigenvalue weighted by Crippen LogP contribution is 2.22. The molecule has 1 aromatic rings. The maximum absolute atomic E-state index is 13.6. The number of anilines is 2. The van der Waals surface area contributed by atoms with E-state index in [4.69, 9.17) is 16.2 Å². The third-order valence-electron chi connectivity index (χ3n) is 2.38. The summed E-state index contributed by atoms with van der Waals surface area (Å²) in [6.07, 6.45) is 0. The minimum Gasteiger partial charge on any atom is -0.398 e. The van der Waals surface area contributed by atoms with Gasteiger partial charge in [0.2, 0.25) is 0 Å². The first-order valence-corrected chi connectivity index (χ1v) is 5.68. The van der Waals surface area contributed by atoms with Gasteiger partial charge in [-0.1, -0.05) is 0 Å². The Hall–Kier alpha value is -1.82. The normalized spacial score (nSPS) is 12.2. The number of primary amides is 1. The maximum atomic E-state index is 13.6. The molecule has 18 heavy (non-hydrogen) atoms. The third kappa shape index (κ3) is 3.59. The predicted octanol–water partition coefficient (Wildman–Crippen LogP) is 1.34. The zero-order valence-corrected chi connectivity index (χ0v) is 10.5. The molecule has 6 heteroatoms. The van der Waals surface area contributed by atoms with Crippen LogP contribution in [0.1, 0.15) is 24.2 Å². The average molecular weight is 255 g/mol. The highest BCUT2D eigenvalue weighted by Gasteiger charge is 2.13. The van der Waals surface area contributed by atoms with Crippen LogP contribution in [0.4, 0.5) is 15.8 Å². The summed E-state index contributed by atoms with van der Waals surface area (Å²) in [6, 6.07) is 2.30. The number of nitrogen functional groups attached to an aromatic ring is 1. The van der Waals surface area contributed by atoms with Crippen LogP contribution in [0.3, 0.4) is 0 Å². The lowest BCUT2D eigenvalue weighted by Gasteiger charge is -2.16. The maximum Gasteiger partial charge on any atom is 0.250 e. The van der Waals surface area contributed by atoms with E-state index in [0.717, 1.165) is 6.07 Å². The fraction of sp³-hybridized carbons (Fsp3) is 0.417. The van der Waals surface area contributed by atoms with Crippen molar-refractivity contribution in [1.29, 1.82) is 0 Å². The zero-order chi connectivity index (χ0) is 13.7. The Kier molecular flexibility index (Phi) is 4.91. The largest absolute Gasteiger partial charge is 0.398 e. The molecule has 0 aliphatic heterocycles. The van der Waals surface area contributed by atoms with Crippen LogP contribution in [-0.2, 0) is 4.74 Å². The smallest absolute Gasteiger partial charge is 0.250 e. The second-order valence-electron chi connectivity index (χ2n) is 3.99. The van der Waals surface area contributed by atoms with Crippen LogP contribution < -0.4 is 16.8 Å². The van der Waals surface area contributed by atoms with Gasteiger partial charge < -0.3 is 21.5 Å². The average Bonchev–Trinajstić information content (AvgIpc) is 2.29. The molecule has 0 aliphatic carbocycles. The first-order chi connectivity index (χ1) is 8.45. The molecule has 1 unspecified atom stereocenters. The Morgan fingerprint density at radius 3 is 2.78 bits per heavy atom. The number of amides is 1. The van der Waals surface area contributed by atoms with E-state index in [9.17, 15) is 9.18 Å². The number of carbonyl (C=O) groups excluding carboxylic acids is 1. The molecule has 0 saturated carbocycles. The van der Waals surface area contributed by atoms with Gasteiger partial charge in [0.05, 0.1) is 17.9 Å². The molecule has 5 N–H and O–H groups in total. The van der Waals surface area contributed by atoms with Gasteiger partial charge in [0.25, 0.3) is 5.91 Å². The molecule has 0 saturated heterocycles. The summed E-state index contributed by atoms with van der Waals surface area (Å²) in [5, 5.41) is 2.90. The van der Waals surface area contributed by atoms with E-state index < -0.39 is 11.7 Å². The van der Waals surface area contributed by atoms with E-state index in [-0.39, 0.29) is 23.0 Å². The number of nitrogens with one attached hydrogen (secondary N) is 1. The number of hydrogen-bond acceptors (Lipinski definition) is 4. The quantitative estimate of drug-likeness (QED) is 0.669. The van der Waals surface area contributed by atoms with Crippen LogP contribution in [0.15, 0.2) is 12.1 Å². The summed E-state index contributed by atoms with van der Waals surface area (Å²) in [5.74, 6) is -1.21. The highest BCUT2D eigenvalue weighted by molar-refractivity contribution is 5.99. The SMILES string of the molecule is CCOCC(C)Nc1cc(C(N)=O)c(N)cc1F. The fourth-order valence-electron chi connectivity index (χ4n) is 1.51. The summed E-state index contributed by atoms with van der Waals surface area (Å²) in [4.78, 5) is 11.1. The van der Waals surface area contributed by atoms with Crippen molar-refractivity contribution in [2.75, 3.05) is 24.3 Å². The number of hydrogen-bond donors (Lipinski definition) is 3. The molecule has 1 atom stereocenters. The van der Waals surface area contributed by atoms with Crippen molar-refractivity contribution in [1.82, 2.24) is 0 Å². The van der Waals surface area contributed by atoms with Gasteiger partial charge in [-0.25, -0.2) is 4.39 Å². The lowest BCUT2D eigenvalue weighted by molar-refractivity contribution is 0.100. The third-order valence-corrected chi connectivity index (χ3v) is 2.38. The lowest BCUT2D eigenvalue weighted by atomic mass is 10.1. The van der Waals surface area contributed by atoms with Crippen LogP contribution in [0.2, 0.25) is 0 Å². The van der Waals surface area contributed by atoms with Crippen LogP contribution in [0.25, 0.3) is 0 Å². The van der Waals surface area contributed by atoms with Gasteiger partial charge in [-0.3, -0.25) is 4.79 Å². The van der Waals surface area contributed by atoms with Gasteiger partial charge in [0.1, 0.15) is 5.82 Å². The van der Waals surface area contributed by atoms with E-state index >= 15 is 0 Å². The van der Waals surface area contributed by atoms with Crippen molar-refractivity contribution in [2.24, 2.45) is 5.73 Å². The van der Waals surface area contributed by atoms with Crippen LogP contribution in [-0.4, -0.2) is 25.2 Å². The van der Waals surface area contributed by atoms with E-state index in [1.807, 2.05) is 13.8 Å². The molecular weight excluding hydrogens is 237 g/mol. The first kappa shape index (κ1) is 14.2. The van der Waals surface area contributed by atoms with Crippen molar-refractivity contribution in [2.45, 2.75) is 19.9 Å². The van der Waals surface area contributed by atoms with Crippen LogP contribution in [0.5, 0.6) is 0 Å². The number of benzene rings is 1. The predicted molar refractivity (Wildman–Crippen MR) is 68.9 cm³/mol. The van der Waals surface area contributed by atoms with E-state index in [1.54, 1.807) is 0 Å². The summed E-state index contributed by atoms with van der Waals surface area (Å²) in [5.41, 5.74) is 11.0. The molecular formula is C12H18FN3O2. The Balaban J connectivity index is 2.88. The Morgan fingerprint density at radius 2 is 2.22 bits per heavy atom. The topological polar surface area (TPSA) is 90.4 Å². The number of halogens is 1. The number of nitrogens with two attached hydrogens (primary N) is 2. The monoisotopic (exact) mass is 255 g/mol. The van der Waals surface area contributed by atoms with Gasteiger partial charge in [-0.15, -0.1) is 0 Å². The fourth-order valence-corrected chi connectivity index (χ4v) is 1.51. The molecule has 0 fully saturated rings. The lowest BCUT2D eigenvalue weighted by Crippen LogP contribution is -2.23. The zero-order valence-electron chi connectivity index (χ0n) is 10.5. The molecule has 0 aliphatic rings. The van der Waals surface area contributed by atoms with E-state index in [1.165, 1.54) is 6.07 Å². The van der Waals surface area contributed by atoms with Gasteiger partial charge in [0.15, 0.2) is 0 Å². The van der Waals surface area contributed by atoms with Crippen molar-refractivity contribution in [3.63, 3.8) is 0 Å². The standard InChI is InChI=1S/C12H18FN3O2/c1-3-18-6-7(2)16-11-4-8(12(15)17)10(14)5-9(11)13/h4-5,7,16H,3,6,14H2,1-2H3,(H2,15,17). The van der Waals surface area contributed by atoms with Crippen molar-refractivity contribution < 1.29 is 13.9 Å². The molecule has 1 aromatic carbocycles. The molecule has 100 valence electrons. The minimum absolute atomic E-state index is 0.0306. The molecule has 0 spiro atoms. The minimum atomic E-state index is -0.687. The molecule has 0 bridgehead atoms.